The lowest BCUT2D eigenvalue weighted by atomic mass is 9.85. The molecule has 2 aromatic rings. The fourth-order valence-electron chi connectivity index (χ4n) is 3.49. The van der Waals surface area contributed by atoms with Gasteiger partial charge in [0.2, 0.25) is 15.9 Å². The van der Waals surface area contributed by atoms with Crippen LogP contribution in [0.5, 0.6) is 0 Å². The first-order valence-electron chi connectivity index (χ1n) is 9.32. The summed E-state index contributed by atoms with van der Waals surface area (Å²) < 4.78 is 25.4. The summed E-state index contributed by atoms with van der Waals surface area (Å²) in [5.74, 6) is 0.655. The van der Waals surface area contributed by atoms with Gasteiger partial charge in [-0.25, -0.2) is 8.42 Å². The number of rotatable bonds is 6. The summed E-state index contributed by atoms with van der Waals surface area (Å²) in [7, 11) is -3.19. The summed E-state index contributed by atoms with van der Waals surface area (Å²) in [6.07, 6.45) is 1.06. The van der Waals surface area contributed by atoms with Gasteiger partial charge in [0.1, 0.15) is 0 Å². The van der Waals surface area contributed by atoms with Crippen molar-refractivity contribution in [2.75, 3.05) is 21.9 Å². The molecule has 6 heteroatoms. The van der Waals surface area contributed by atoms with Crippen LogP contribution in [0.3, 0.4) is 0 Å². The maximum Gasteiger partial charge on any atom is 0.235 e. The quantitative estimate of drug-likeness (QED) is 0.816. The predicted octanol–water partition coefficient (Wildman–Crippen LogP) is 3.99. The SMILES string of the molecule is CC(C)[C@@H](CC(=O)Nc1ccc(N2CCCS2(=O)=O)cc1)c1ccccc1. The molecule has 0 unspecified atom stereocenters. The number of sulfonamides is 1. The Labute approximate surface area is 161 Å². The topological polar surface area (TPSA) is 66.5 Å². The van der Waals surface area contributed by atoms with Gasteiger partial charge in [-0.2, -0.15) is 0 Å². The molecule has 0 radical (unpaired) electrons. The maximum atomic E-state index is 12.5. The standard InChI is InChI=1S/C21H26N2O3S/c1-16(2)20(17-7-4-3-5-8-17)15-21(24)22-18-9-11-19(12-10-18)23-13-6-14-27(23,25)26/h3-5,7-12,16,20H,6,13-15H2,1-2H3,(H,22,24)/t20-/m1/s1. The second kappa shape index (κ2) is 8.13. The number of hydrogen-bond acceptors (Lipinski definition) is 3. The maximum absolute atomic E-state index is 12.5. The van der Waals surface area contributed by atoms with Gasteiger partial charge in [-0.1, -0.05) is 44.2 Å². The van der Waals surface area contributed by atoms with Crippen LogP contribution in [-0.4, -0.2) is 26.6 Å². The summed E-state index contributed by atoms with van der Waals surface area (Å²) in [4.78, 5) is 12.5. The van der Waals surface area contributed by atoms with Gasteiger partial charge in [0.15, 0.2) is 0 Å². The zero-order valence-electron chi connectivity index (χ0n) is 15.8. The molecule has 1 fully saturated rings. The fraction of sp³-hybridized carbons (Fsp3) is 0.381. The molecule has 2 aromatic carbocycles. The summed E-state index contributed by atoms with van der Waals surface area (Å²) in [6.45, 7) is 4.76. The van der Waals surface area contributed by atoms with Crippen LogP contribution in [0.2, 0.25) is 0 Å². The molecule has 1 atom stereocenters. The number of anilines is 2. The number of hydrogen-bond donors (Lipinski definition) is 1. The Kier molecular flexibility index (Phi) is 5.85. The van der Waals surface area contributed by atoms with Crippen molar-refractivity contribution in [2.24, 2.45) is 5.92 Å². The molecule has 0 saturated carbocycles. The molecule has 1 aliphatic rings. The fourth-order valence-corrected chi connectivity index (χ4v) is 5.06. The number of carbonyl (C=O) groups is 1. The normalized spacial score (nSPS) is 17.1. The molecule has 1 saturated heterocycles. The average Bonchev–Trinajstić information content (AvgIpc) is 3.00. The molecular formula is C21H26N2O3S. The Morgan fingerprint density at radius 3 is 2.30 bits per heavy atom. The average molecular weight is 387 g/mol. The van der Waals surface area contributed by atoms with Gasteiger partial charge < -0.3 is 5.32 Å². The molecular weight excluding hydrogens is 360 g/mol. The molecule has 144 valence electrons. The Morgan fingerprint density at radius 2 is 1.74 bits per heavy atom. The van der Waals surface area contributed by atoms with Gasteiger partial charge in [-0.05, 0) is 48.1 Å². The molecule has 1 N–H and O–H groups in total. The van der Waals surface area contributed by atoms with Crippen LogP contribution in [0.25, 0.3) is 0 Å². The van der Waals surface area contributed by atoms with Gasteiger partial charge in [0.25, 0.3) is 0 Å². The van der Waals surface area contributed by atoms with E-state index in [1.54, 1.807) is 24.3 Å². The predicted molar refractivity (Wildman–Crippen MR) is 109 cm³/mol. The van der Waals surface area contributed by atoms with Crippen molar-refractivity contribution in [3.63, 3.8) is 0 Å². The summed E-state index contributed by atoms with van der Waals surface area (Å²) in [5, 5.41) is 2.93. The Balaban J connectivity index is 1.65. The first-order valence-corrected chi connectivity index (χ1v) is 10.9. The van der Waals surface area contributed by atoms with E-state index < -0.39 is 10.0 Å². The van der Waals surface area contributed by atoms with Crippen LogP contribution in [0.4, 0.5) is 11.4 Å². The summed E-state index contributed by atoms with van der Waals surface area (Å²) >= 11 is 0. The van der Waals surface area contributed by atoms with E-state index in [4.69, 9.17) is 0 Å². The van der Waals surface area contributed by atoms with Crippen molar-refractivity contribution >= 4 is 27.3 Å². The minimum absolute atomic E-state index is 0.0425. The van der Waals surface area contributed by atoms with Crippen molar-refractivity contribution in [1.29, 1.82) is 0 Å². The number of amides is 1. The number of nitrogens with zero attached hydrogens (tertiary/aromatic N) is 1. The van der Waals surface area contributed by atoms with Crippen molar-refractivity contribution in [2.45, 2.75) is 32.6 Å². The van der Waals surface area contributed by atoms with Crippen LogP contribution < -0.4 is 9.62 Å². The third-order valence-electron chi connectivity index (χ3n) is 4.98. The Bertz CT molecular complexity index is 877. The highest BCUT2D eigenvalue weighted by atomic mass is 32.2. The molecule has 3 rings (SSSR count). The summed E-state index contributed by atoms with van der Waals surface area (Å²) in [6, 6.07) is 17.1. The lowest BCUT2D eigenvalue weighted by Crippen LogP contribution is -2.25. The van der Waals surface area contributed by atoms with Crippen LogP contribution >= 0.6 is 0 Å². The number of carbonyl (C=O) groups excluding carboxylic acids is 1. The molecule has 1 heterocycles. The van der Waals surface area contributed by atoms with E-state index in [1.165, 1.54) is 4.31 Å². The Hall–Kier alpha value is -2.34. The molecule has 1 aliphatic heterocycles. The molecule has 5 nitrogen and oxygen atoms in total. The van der Waals surface area contributed by atoms with Crippen molar-refractivity contribution in [3.05, 3.63) is 60.2 Å². The second-order valence-electron chi connectivity index (χ2n) is 7.30. The van der Waals surface area contributed by atoms with E-state index in [0.717, 1.165) is 5.56 Å². The molecule has 0 aromatic heterocycles. The van der Waals surface area contributed by atoms with Gasteiger partial charge in [0, 0.05) is 18.7 Å². The zero-order valence-corrected chi connectivity index (χ0v) is 16.6. The van der Waals surface area contributed by atoms with Gasteiger partial charge >= 0.3 is 0 Å². The Morgan fingerprint density at radius 1 is 1.07 bits per heavy atom. The highest BCUT2D eigenvalue weighted by molar-refractivity contribution is 7.93. The molecule has 0 aliphatic carbocycles. The highest BCUT2D eigenvalue weighted by Gasteiger charge is 2.28. The van der Waals surface area contributed by atoms with Crippen molar-refractivity contribution < 1.29 is 13.2 Å². The number of nitrogens with one attached hydrogen (secondary N) is 1. The van der Waals surface area contributed by atoms with E-state index in [0.29, 0.717) is 36.7 Å². The van der Waals surface area contributed by atoms with Crippen LogP contribution in [0.1, 0.15) is 38.2 Å². The van der Waals surface area contributed by atoms with Crippen molar-refractivity contribution in [1.82, 2.24) is 0 Å². The third kappa shape index (κ3) is 4.69. The summed E-state index contributed by atoms with van der Waals surface area (Å²) in [5.41, 5.74) is 2.49. The van der Waals surface area contributed by atoms with E-state index >= 15 is 0 Å². The van der Waals surface area contributed by atoms with E-state index in [1.807, 2.05) is 18.2 Å². The monoisotopic (exact) mass is 386 g/mol. The van der Waals surface area contributed by atoms with E-state index in [-0.39, 0.29) is 17.6 Å². The van der Waals surface area contributed by atoms with E-state index in [9.17, 15) is 13.2 Å². The zero-order chi connectivity index (χ0) is 19.4. The van der Waals surface area contributed by atoms with E-state index in [2.05, 4.69) is 31.3 Å². The minimum atomic E-state index is -3.19. The van der Waals surface area contributed by atoms with Crippen LogP contribution in [0, 0.1) is 5.92 Å². The number of benzene rings is 2. The first-order chi connectivity index (χ1) is 12.9. The van der Waals surface area contributed by atoms with Gasteiger partial charge in [-0.3, -0.25) is 9.10 Å². The van der Waals surface area contributed by atoms with Gasteiger partial charge in [0.05, 0.1) is 11.4 Å². The molecule has 27 heavy (non-hydrogen) atoms. The molecule has 1 amide bonds. The molecule has 0 spiro atoms. The van der Waals surface area contributed by atoms with Gasteiger partial charge in [-0.15, -0.1) is 0 Å². The lowest BCUT2D eigenvalue weighted by Gasteiger charge is -2.21. The largest absolute Gasteiger partial charge is 0.326 e. The van der Waals surface area contributed by atoms with Crippen molar-refractivity contribution in [3.8, 4) is 0 Å². The first kappa shape index (κ1) is 19.4. The second-order valence-corrected chi connectivity index (χ2v) is 9.31. The highest BCUT2D eigenvalue weighted by Crippen LogP contribution is 2.29. The lowest BCUT2D eigenvalue weighted by molar-refractivity contribution is -0.116. The smallest absolute Gasteiger partial charge is 0.235 e. The minimum Gasteiger partial charge on any atom is -0.326 e. The van der Waals surface area contributed by atoms with Crippen LogP contribution in [0.15, 0.2) is 54.6 Å². The molecule has 0 bridgehead atoms. The van der Waals surface area contributed by atoms with Crippen LogP contribution in [-0.2, 0) is 14.8 Å². The third-order valence-corrected chi connectivity index (χ3v) is 6.85.